The highest BCUT2D eigenvalue weighted by atomic mass is 16.4. The van der Waals surface area contributed by atoms with Gasteiger partial charge in [-0.15, -0.1) is 6.58 Å². The summed E-state index contributed by atoms with van der Waals surface area (Å²) in [5.41, 5.74) is 0. The summed E-state index contributed by atoms with van der Waals surface area (Å²) in [6.45, 7) is 3.47. The molecule has 0 aromatic carbocycles. The zero-order valence-corrected chi connectivity index (χ0v) is 9.94. The molecule has 4 N–H and O–H groups in total. The molecule has 0 heterocycles. The van der Waals surface area contributed by atoms with Gasteiger partial charge in [0.15, 0.2) is 0 Å². The Labute approximate surface area is 105 Å². The molecule has 100 valence electrons. The first-order valence-electron chi connectivity index (χ1n) is 5.69. The maximum atomic E-state index is 11.3. The lowest BCUT2D eigenvalue weighted by molar-refractivity contribution is -0.140. The van der Waals surface area contributed by atoms with E-state index in [-0.39, 0.29) is 19.0 Å². The molecule has 7 heteroatoms. The van der Waals surface area contributed by atoms with Gasteiger partial charge in [-0.1, -0.05) is 6.08 Å². The van der Waals surface area contributed by atoms with Gasteiger partial charge < -0.3 is 10.4 Å². The Hall–Kier alpha value is -1.89. The lowest BCUT2D eigenvalue weighted by Crippen LogP contribution is -2.47. The van der Waals surface area contributed by atoms with Crippen LogP contribution in [0, 0.1) is 5.92 Å². The number of amides is 3. The zero-order valence-electron chi connectivity index (χ0n) is 9.94. The molecule has 3 amide bonds. The molecule has 1 atom stereocenters. The minimum Gasteiger partial charge on any atom is -0.480 e. The molecule has 1 rings (SSSR count). The van der Waals surface area contributed by atoms with Gasteiger partial charge >= 0.3 is 12.0 Å². The molecule has 1 fully saturated rings. The minimum absolute atomic E-state index is 0.0879. The maximum absolute atomic E-state index is 11.3. The zero-order chi connectivity index (χ0) is 13.5. The van der Waals surface area contributed by atoms with E-state index in [4.69, 9.17) is 5.11 Å². The van der Waals surface area contributed by atoms with Crippen LogP contribution in [0.25, 0.3) is 0 Å². The van der Waals surface area contributed by atoms with Crippen molar-refractivity contribution in [2.24, 2.45) is 5.92 Å². The number of aliphatic carboxylic acids is 1. The molecule has 7 nitrogen and oxygen atoms in total. The van der Waals surface area contributed by atoms with Crippen molar-refractivity contribution in [1.29, 1.82) is 0 Å². The van der Waals surface area contributed by atoms with Gasteiger partial charge in [0.2, 0.25) is 5.91 Å². The van der Waals surface area contributed by atoms with E-state index in [1.807, 2.05) is 0 Å². The van der Waals surface area contributed by atoms with Crippen LogP contribution in [0.5, 0.6) is 0 Å². The van der Waals surface area contributed by atoms with Crippen molar-refractivity contribution in [1.82, 2.24) is 16.0 Å². The molecule has 1 aliphatic carbocycles. The average Bonchev–Trinajstić information content (AvgIpc) is 3.10. The van der Waals surface area contributed by atoms with E-state index < -0.39 is 23.9 Å². The normalized spacial score (nSPS) is 15.6. The van der Waals surface area contributed by atoms with E-state index in [1.165, 1.54) is 6.08 Å². The third-order valence-electron chi connectivity index (χ3n) is 2.50. The second kappa shape index (κ2) is 6.75. The van der Waals surface area contributed by atoms with Crippen LogP contribution < -0.4 is 16.0 Å². The van der Waals surface area contributed by atoms with Crippen molar-refractivity contribution in [3.63, 3.8) is 0 Å². The minimum atomic E-state index is -0.971. The second-order valence-corrected chi connectivity index (χ2v) is 4.08. The summed E-state index contributed by atoms with van der Waals surface area (Å²) < 4.78 is 0. The van der Waals surface area contributed by atoms with Gasteiger partial charge in [0.25, 0.3) is 0 Å². The first-order chi connectivity index (χ1) is 8.54. The number of imide groups is 1. The lowest BCUT2D eigenvalue weighted by Gasteiger charge is -2.12. The highest BCUT2D eigenvalue weighted by Gasteiger charge is 2.36. The summed E-state index contributed by atoms with van der Waals surface area (Å²) in [6.07, 6.45) is 3.19. The van der Waals surface area contributed by atoms with Crippen molar-refractivity contribution < 1.29 is 19.5 Å². The predicted octanol–water partition coefficient (Wildman–Crippen LogP) is -0.549. The number of carboxylic acid groups (broad SMARTS) is 1. The number of hydrogen-bond donors (Lipinski definition) is 4. The second-order valence-electron chi connectivity index (χ2n) is 4.08. The first-order valence-corrected chi connectivity index (χ1v) is 5.69. The van der Waals surface area contributed by atoms with Gasteiger partial charge in [-0.3, -0.25) is 20.2 Å². The molecule has 0 aliphatic heterocycles. The molecule has 18 heavy (non-hydrogen) atoms. The van der Waals surface area contributed by atoms with E-state index in [0.717, 1.165) is 12.8 Å². The van der Waals surface area contributed by atoms with E-state index in [0.29, 0.717) is 0 Å². The fourth-order valence-electron chi connectivity index (χ4n) is 1.47. The number of carbonyl (C=O) groups is 3. The van der Waals surface area contributed by atoms with Crippen LogP contribution in [0.4, 0.5) is 4.79 Å². The molecule has 1 unspecified atom stereocenters. The van der Waals surface area contributed by atoms with Crippen LogP contribution in [-0.4, -0.2) is 42.1 Å². The fourth-order valence-corrected chi connectivity index (χ4v) is 1.47. The Morgan fingerprint density at radius 1 is 1.39 bits per heavy atom. The summed E-state index contributed by atoms with van der Waals surface area (Å²) in [6, 6.07) is -1.34. The highest BCUT2D eigenvalue weighted by Crippen LogP contribution is 2.32. The number of urea groups is 1. The van der Waals surface area contributed by atoms with Crippen LogP contribution in [0.2, 0.25) is 0 Å². The molecule has 0 saturated heterocycles. The summed E-state index contributed by atoms with van der Waals surface area (Å²) in [5, 5.41) is 16.0. The van der Waals surface area contributed by atoms with Gasteiger partial charge in [-0.25, -0.2) is 4.79 Å². The molecule has 0 aromatic rings. The van der Waals surface area contributed by atoms with Crippen LogP contribution >= 0.6 is 0 Å². The van der Waals surface area contributed by atoms with E-state index >= 15 is 0 Å². The van der Waals surface area contributed by atoms with Gasteiger partial charge in [0, 0.05) is 6.54 Å². The largest absolute Gasteiger partial charge is 0.480 e. The lowest BCUT2D eigenvalue weighted by atomic mass is 10.2. The van der Waals surface area contributed by atoms with Crippen LogP contribution in [0.1, 0.15) is 12.8 Å². The van der Waals surface area contributed by atoms with E-state index in [2.05, 4.69) is 22.5 Å². The number of carboxylic acids is 1. The van der Waals surface area contributed by atoms with Gasteiger partial charge in [-0.2, -0.15) is 0 Å². The van der Waals surface area contributed by atoms with Crippen LogP contribution in [0.3, 0.4) is 0 Å². The molecular formula is C11H17N3O4. The Morgan fingerprint density at radius 3 is 2.56 bits per heavy atom. The van der Waals surface area contributed by atoms with Gasteiger partial charge in [0.05, 0.1) is 6.54 Å². The highest BCUT2D eigenvalue weighted by molar-refractivity contribution is 5.95. The Morgan fingerprint density at radius 2 is 2.06 bits per heavy atom. The SMILES string of the molecule is C=CCNC(=O)NC(=O)CNC(C(=O)O)C1CC1. The van der Waals surface area contributed by atoms with Crippen molar-refractivity contribution in [3.05, 3.63) is 12.7 Å². The number of hydrogen-bond acceptors (Lipinski definition) is 4. The summed E-state index contributed by atoms with van der Waals surface area (Å²) >= 11 is 0. The molecular weight excluding hydrogens is 238 g/mol. The number of rotatable bonds is 7. The predicted molar refractivity (Wildman–Crippen MR) is 63.9 cm³/mol. The monoisotopic (exact) mass is 255 g/mol. The van der Waals surface area contributed by atoms with Crippen molar-refractivity contribution in [3.8, 4) is 0 Å². The number of nitrogens with one attached hydrogen (secondary N) is 3. The third kappa shape index (κ3) is 4.96. The Bertz CT molecular complexity index is 352. The fraction of sp³-hybridized carbons (Fsp3) is 0.545. The quantitative estimate of drug-likeness (QED) is 0.457. The van der Waals surface area contributed by atoms with Gasteiger partial charge in [0.1, 0.15) is 6.04 Å². The standard InChI is InChI=1S/C11H17N3O4/c1-2-5-12-11(18)14-8(15)6-13-9(10(16)17)7-3-4-7/h2,7,9,13H,1,3-6H2,(H,16,17)(H2,12,14,15,18). The molecule has 0 spiro atoms. The summed E-state index contributed by atoms with van der Waals surface area (Å²) in [4.78, 5) is 33.3. The smallest absolute Gasteiger partial charge is 0.321 e. The third-order valence-corrected chi connectivity index (χ3v) is 2.50. The summed E-state index contributed by atoms with van der Waals surface area (Å²) in [7, 11) is 0. The topological polar surface area (TPSA) is 108 Å². The van der Waals surface area contributed by atoms with Crippen molar-refractivity contribution in [2.45, 2.75) is 18.9 Å². The van der Waals surface area contributed by atoms with E-state index in [1.54, 1.807) is 0 Å². The van der Waals surface area contributed by atoms with Crippen LogP contribution in [0.15, 0.2) is 12.7 Å². The molecule has 1 saturated carbocycles. The molecule has 0 radical (unpaired) electrons. The van der Waals surface area contributed by atoms with E-state index in [9.17, 15) is 14.4 Å². The van der Waals surface area contributed by atoms with Crippen LogP contribution in [-0.2, 0) is 9.59 Å². The summed E-state index contributed by atoms with van der Waals surface area (Å²) in [5.74, 6) is -1.45. The average molecular weight is 255 g/mol. The van der Waals surface area contributed by atoms with Crippen molar-refractivity contribution in [2.75, 3.05) is 13.1 Å². The Balaban J connectivity index is 2.25. The first kappa shape index (κ1) is 14.2. The maximum Gasteiger partial charge on any atom is 0.321 e. The molecule has 0 bridgehead atoms. The van der Waals surface area contributed by atoms with Crippen molar-refractivity contribution >= 4 is 17.9 Å². The Kier molecular flexibility index (Phi) is 5.31. The molecule has 1 aliphatic rings. The molecule has 0 aromatic heterocycles. The number of carbonyl (C=O) groups excluding carboxylic acids is 2. The van der Waals surface area contributed by atoms with Gasteiger partial charge in [-0.05, 0) is 18.8 Å².